The standard InChI is InChI=1S/C18H16F2N4O/c1-24(10-12-6-8-13(19)9-7-12)17-16(21)18(23-11-22-17)25-15-5-3-2-4-14(15)20/h2-9,11H,10,21H2,1H3. The third-order valence-electron chi connectivity index (χ3n) is 3.56. The molecule has 0 amide bonds. The summed E-state index contributed by atoms with van der Waals surface area (Å²) in [5, 5.41) is 0. The van der Waals surface area contributed by atoms with Crippen molar-refractivity contribution in [2.24, 2.45) is 0 Å². The Morgan fingerprint density at radius 3 is 2.48 bits per heavy atom. The Labute approximate surface area is 143 Å². The Bertz CT molecular complexity index is 871. The summed E-state index contributed by atoms with van der Waals surface area (Å²) in [6.45, 7) is 0.459. The fraction of sp³-hybridized carbons (Fsp3) is 0.111. The van der Waals surface area contributed by atoms with E-state index in [1.54, 1.807) is 36.2 Å². The molecule has 0 spiro atoms. The molecule has 0 aliphatic heterocycles. The van der Waals surface area contributed by atoms with Crippen LogP contribution >= 0.6 is 0 Å². The number of ether oxygens (including phenoxy) is 1. The van der Waals surface area contributed by atoms with Crippen LogP contribution in [0.2, 0.25) is 0 Å². The average molecular weight is 342 g/mol. The van der Waals surface area contributed by atoms with Gasteiger partial charge in [0, 0.05) is 13.6 Å². The highest BCUT2D eigenvalue weighted by Gasteiger charge is 2.15. The molecular weight excluding hydrogens is 326 g/mol. The minimum absolute atomic E-state index is 0.0278. The zero-order valence-corrected chi connectivity index (χ0v) is 13.5. The molecule has 0 fully saturated rings. The molecule has 0 unspecified atom stereocenters. The van der Waals surface area contributed by atoms with E-state index in [1.807, 2.05) is 0 Å². The highest BCUT2D eigenvalue weighted by atomic mass is 19.1. The van der Waals surface area contributed by atoms with Crippen molar-refractivity contribution in [3.63, 3.8) is 0 Å². The molecule has 0 saturated carbocycles. The summed E-state index contributed by atoms with van der Waals surface area (Å²) >= 11 is 0. The summed E-state index contributed by atoms with van der Waals surface area (Å²) in [5.41, 5.74) is 7.16. The van der Waals surface area contributed by atoms with Gasteiger partial charge in [-0.25, -0.2) is 13.8 Å². The van der Waals surface area contributed by atoms with Crippen LogP contribution in [0.25, 0.3) is 0 Å². The van der Waals surface area contributed by atoms with Crippen LogP contribution in [0.4, 0.5) is 20.3 Å². The predicted octanol–water partition coefficient (Wildman–Crippen LogP) is 3.77. The topological polar surface area (TPSA) is 64.3 Å². The number of nitrogens with two attached hydrogens (primary N) is 1. The van der Waals surface area contributed by atoms with Gasteiger partial charge >= 0.3 is 0 Å². The van der Waals surface area contributed by atoms with Gasteiger partial charge in [-0.05, 0) is 29.8 Å². The van der Waals surface area contributed by atoms with Crippen molar-refractivity contribution in [2.75, 3.05) is 17.7 Å². The van der Waals surface area contributed by atoms with Crippen LogP contribution < -0.4 is 15.4 Å². The van der Waals surface area contributed by atoms with Gasteiger partial charge in [-0.3, -0.25) is 0 Å². The number of rotatable bonds is 5. The third kappa shape index (κ3) is 3.82. The number of benzene rings is 2. The summed E-state index contributed by atoms with van der Waals surface area (Å²) < 4.78 is 32.2. The normalized spacial score (nSPS) is 10.5. The van der Waals surface area contributed by atoms with Crippen LogP contribution in [0, 0.1) is 11.6 Å². The van der Waals surface area contributed by atoms with E-state index in [-0.39, 0.29) is 23.1 Å². The number of aromatic nitrogens is 2. The van der Waals surface area contributed by atoms with Crippen molar-refractivity contribution in [3.05, 3.63) is 72.1 Å². The molecule has 2 N–H and O–H groups in total. The number of nitrogen functional groups attached to an aromatic ring is 1. The van der Waals surface area contributed by atoms with Crippen LogP contribution in [0.5, 0.6) is 11.6 Å². The molecule has 0 atom stereocenters. The van der Waals surface area contributed by atoms with Crippen LogP contribution in [0.3, 0.4) is 0 Å². The zero-order chi connectivity index (χ0) is 17.8. The maximum absolute atomic E-state index is 13.7. The molecule has 0 aliphatic carbocycles. The van der Waals surface area contributed by atoms with E-state index in [0.717, 1.165) is 5.56 Å². The molecule has 0 aliphatic rings. The minimum Gasteiger partial charge on any atom is -0.434 e. The molecular formula is C18H16F2N4O. The van der Waals surface area contributed by atoms with E-state index < -0.39 is 5.82 Å². The lowest BCUT2D eigenvalue weighted by molar-refractivity contribution is 0.428. The van der Waals surface area contributed by atoms with Gasteiger partial charge in [0.05, 0.1) is 0 Å². The number of anilines is 2. The molecule has 3 rings (SSSR count). The average Bonchev–Trinajstić information content (AvgIpc) is 2.60. The maximum atomic E-state index is 13.7. The van der Waals surface area contributed by atoms with Crippen molar-refractivity contribution in [2.45, 2.75) is 6.54 Å². The number of hydrogen-bond donors (Lipinski definition) is 1. The Kier molecular flexibility index (Phi) is 4.74. The third-order valence-corrected chi connectivity index (χ3v) is 3.56. The molecule has 2 aromatic carbocycles. The number of hydrogen-bond acceptors (Lipinski definition) is 5. The predicted molar refractivity (Wildman–Crippen MR) is 91.4 cm³/mol. The van der Waals surface area contributed by atoms with Crippen molar-refractivity contribution in [1.82, 2.24) is 9.97 Å². The Balaban J connectivity index is 1.82. The maximum Gasteiger partial charge on any atom is 0.248 e. The SMILES string of the molecule is CN(Cc1ccc(F)cc1)c1ncnc(Oc2ccccc2F)c1N. The summed E-state index contributed by atoms with van der Waals surface area (Å²) in [6, 6.07) is 12.1. The number of nitrogens with zero attached hydrogens (tertiary/aromatic N) is 3. The number of para-hydroxylation sites is 1. The van der Waals surface area contributed by atoms with Crippen molar-refractivity contribution < 1.29 is 13.5 Å². The van der Waals surface area contributed by atoms with Crippen LogP contribution in [-0.4, -0.2) is 17.0 Å². The highest BCUT2D eigenvalue weighted by molar-refractivity contribution is 5.68. The van der Waals surface area contributed by atoms with Gasteiger partial charge in [-0.2, -0.15) is 4.98 Å². The molecule has 1 heterocycles. The van der Waals surface area contributed by atoms with Gasteiger partial charge in [-0.15, -0.1) is 0 Å². The first kappa shape index (κ1) is 16.6. The van der Waals surface area contributed by atoms with Gasteiger partial charge in [0.25, 0.3) is 0 Å². The molecule has 0 saturated heterocycles. The van der Waals surface area contributed by atoms with Crippen molar-refractivity contribution >= 4 is 11.5 Å². The van der Waals surface area contributed by atoms with Gasteiger partial charge in [0.1, 0.15) is 17.8 Å². The van der Waals surface area contributed by atoms with Crippen LogP contribution in [-0.2, 0) is 6.54 Å². The van der Waals surface area contributed by atoms with Crippen molar-refractivity contribution in [1.29, 1.82) is 0 Å². The van der Waals surface area contributed by atoms with E-state index in [0.29, 0.717) is 12.4 Å². The smallest absolute Gasteiger partial charge is 0.248 e. The second kappa shape index (κ2) is 7.12. The zero-order valence-electron chi connectivity index (χ0n) is 13.5. The summed E-state index contributed by atoms with van der Waals surface area (Å²) in [5.74, 6) is -0.276. The van der Waals surface area contributed by atoms with Gasteiger partial charge in [-0.1, -0.05) is 24.3 Å². The van der Waals surface area contributed by atoms with E-state index in [1.165, 1.54) is 30.6 Å². The fourth-order valence-electron chi connectivity index (χ4n) is 2.33. The second-order valence-corrected chi connectivity index (χ2v) is 5.43. The van der Waals surface area contributed by atoms with Gasteiger partial charge in [0.15, 0.2) is 17.4 Å². The largest absolute Gasteiger partial charge is 0.434 e. The fourth-order valence-corrected chi connectivity index (χ4v) is 2.33. The monoisotopic (exact) mass is 342 g/mol. The molecule has 3 aromatic rings. The van der Waals surface area contributed by atoms with E-state index in [9.17, 15) is 8.78 Å². The first-order valence-corrected chi connectivity index (χ1v) is 7.53. The summed E-state index contributed by atoms with van der Waals surface area (Å²) in [6.07, 6.45) is 1.29. The van der Waals surface area contributed by atoms with Crippen molar-refractivity contribution in [3.8, 4) is 11.6 Å². The molecule has 5 nitrogen and oxygen atoms in total. The van der Waals surface area contributed by atoms with E-state index in [4.69, 9.17) is 10.5 Å². The lowest BCUT2D eigenvalue weighted by Gasteiger charge is -2.20. The van der Waals surface area contributed by atoms with Gasteiger partial charge in [0.2, 0.25) is 5.88 Å². The summed E-state index contributed by atoms with van der Waals surface area (Å²) in [7, 11) is 1.79. The van der Waals surface area contributed by atoms with Gasteiger partial charge < -0.3 is 15.4 Å². The van der Waals surface area contributed by atoms with Crippen LogP contribution in [0.15, 0.2) is 54.9 Å². The Hall–Kier alpha value is -3.22. The molecule has 0 bridgehead atoms. The first-order chi connectivity index (χ1) is 12.0. The lowest BCUT2D eigenvalue weighted by atomic mass is 10.2. The Morgan fingerprint density at radius 2 is 1.76 bits per heavy atom. The molecule has 25 heavy (non-hydrogen) atoms. The summed E-state index contributed by atoms with van der Waals surface area (Å²) in [4.78, 5) is 9.91. The minimum atomic E-state index is -0.512. The Morgan fingerprint density at radius 1 is 1.04 bits per heavy atom. The second-order valence-electron chi connectivity index (χ2n) is 5.43. The number of halogens is 2. The lowest BCUT2D eigenvalue weighted by Crippen LogP contribution is -2.19. The highest BCUT2D eigenvalue weighted by Crippen LogP contribution is 2.32. The first-order valence-electron chi connectivity index (χ1n) is 7.53. The molecule has 7 heteroatoms. The molecule has 128 valence electrons. The quantitative estimate of drug-likeness (QED) is 0.765. The molecule has 0 radical (unpaired) electrons. The van der Waals surface area contributed by atoms with Crippen LogP contribution in [0.1, 0.15) is 5.56 Å². The van der Waals surface area contributed by atoms with E-state index in [2.05, 4.69) is 9.97 Å². The van der Waals surface area contributed by atoms with E-state index >= 15 is 0 Å². The molecule has 1 aromatic heterocycles.